The zero-order chi connectivity index (χ0) is 22.4. The second kappa shape index (κ2) is 9.86. The van der Waals surface area contributed by atoms with Crippen molar-refractivity contribution >= 4 is 23.3 Å². The van der Waals surface area contributed by atoms with Gasteiger partial charge in [-0.25, -0.2) is 4.79 Å². The van der Waals surface area contributed by atoms with Crippen LogP contribution in [0.5, 0.6) is 0 Å². The van der Waals surface area contributed by atoms with Crippen molar-refractivity contribution in [2.24, 2.45) is 0 Å². The highest BCUT2D eigenvalue weighted by Gasteiger charge is 2.35. The zero-order valence-corrected chi connectivity index (χ0v) is 17.0. The number of carboxylic acids is 1. The molecular formula is C22H23N3O6. The lowest BCUT2D eigenvalue weighted by atomic mass is 10.0. The van der Waals surface area contributed by atoms with Crippen molar-refractivity contribution in [3.63, 3.8) is 0 Å². The fraction of sp³-hybridized carbons (Fsp3) is 0.273. The normalized spacial score (nSPS) is 15.9. The third-order valence-electron chi connectivity index (χ3n) is 5.03. The van der Waals surface area contributed by atoms with E-state index >= 15 is 0 Å². The Balaban J connectivity index is 2.01. The van der Waals surface area contributed by atoms with Crippen molar-refractivity contribution in [2.45, 2.75) is 18.9 Å². The molecule has 3 rings (SSSR count). The van der Waals surface area contributed by atoms with Crippen LogP contribution in [0.1, 0.15) is 22.3 Å². The summed E-state index contributed by atoms with van der Waals surface area (Å²) in [6, 6.07) is 12.3. The summed E-state index contributed by atoms with van der Waals surface area (Å²) in [6.45, 7) is 0.967. The second-order valence-electron chi connectivity index (χ2n) is 7.05. The van der Waals surface area contributed by atoms with Gasteiger partial charge in [0.1, 0.15) is 11.7 Å². The van der Waals surface area contributed by atoms with E-state index < -0.39 is 16.9 Å². The first-order chi connectivity index (χ1) is 14.9. The summed E-state index contributed by atoms with van der Waals surface area (Å²) in [5, 5.41) is 20.9. The SMILES string of the molecule is COCCCN1C=CN(c2ccc(C(=O)O)cc2[N+](=O)[O-])[C@@H](Cc2ccccc2)C1=O. The molecule has 2 aromatic carbocycles. The van der Waals surface area contributed by atoms with Gasteiger partial charge in [0.15, 0.2) is 0 Å². The minimum atomic E-state index is -1.26. The van der Waals surface area contributed by atoms with Crippen molar-refractivity contribution in [3.05, 3.63) is 82.2 Å². The van der Waals surface area contributed by atoms with Crippen LogP contribution in [0, 0.1) is 10.1 Å². The highest BCUT2D eigenvalue weighted by Crippen LogP contribution is 2.34. The molecule has 1 aliphatic heterocycles. The molecule has 0 fully saturated rings. The Hall–Kier alpha value is -3.72. The van der Waals surface area contributed by atoms with Crippen molar-refractivity contribution in [1.29, 1.82) is 0 Å². The van der Waals surface area contributed by atoms with E-state index in [1.807, 2.05) is 30.3 Å². The third kappa shape index (κ3) is 5.07. The summed E-state index contributed by atoms with van der Waals surface area (Å²) in [5.74, 6) is -1.45. The van der Waals surface area contributed by atoms with E-state index in [0.717, 1.165) is 11.6 Å². The number of carboxylic acid groups (broad SMARTS) is 1. The average Bonchev–Trinajstić information content (AvgIpc) is 2.76. The van der Waals surface area contributed by atoms with E-state index in [-0.39, 0.29) is 22.8 Å². The minimum absolute atomic E-state index is 0.164. The summed E-state index contributed by atoms with van der Waals surface area (Å²) < 4.78 is 5.06. The van der Waals surface area contributed by atoms with Crippen LogP contribution in [0.3, 0.4) is 0 Å². The van der Waals surface area contributed by atoms with E-state index in [9.17, 15) is 24.8 Å². The van der Waals surface area contributed by atoms with Crippen LogP contribution < -0.4 is 4.90 Å². The van der Waals surface area contributed by atoms with Gasteiger partial charge in [-0.15, -0.1) is 0 Å². The van der Waals surface area contributed by atoms with E-state index in [4.69, 9.17) is 4.74 Å². The Bertz CT molecular complexity index is 992. The lowest BCUT2D eigenvalue weighted by molar-refractivity contribution is -0.384. The van der Waals surface area contributed by atoms with Crippen LogP contribution in [0.2, 0.25) is 0 Å². The topological polar surface area (TPSA) is 113 Å². The maximum atomic E-state index is 13.3. The first-order valence-corrected chi connectivity index (χ1v) is 9.74. The first-order valence-electron chi connectivity index (χ1n) is 9.74. The number of ether oxygens (including phenoxy) is 1. The molecule has 0 bridgehead atoms. The lowest BCUT2D eigenvalue weighted by Crippen LogP contribution is -2.50. The number of nitrogens with zero attached hydrogens (tertiary/aromatic N) is 3. The Morgan fingerprint density at radius 1 is 1.19 bits per heavy atom. The molecule has 1 aliphatic rings. The van der Waals surface area contributed by atoms with E-state index in [2.05, 4.69) is 0 Å². The number of nitro benzene ring substituents is 1. The van der Waals surface area contributed by atoms with Crippen LogP contribution in [-0.4, -0.2) is 53.1 Å². The third-order valence-corrected chi connectivity index (χ3v) is 5.03. The predicted octanol–water partition coefficient (Wildman–Crippen LogP) is 3.06. The number of aromatic carboxylic acids is 1. The van der Waals surface area contributed by atoms with Crippen molar-refractivity contribution in [3.8, 4) is 0 Å². The van der Waals surface area contributed by atoms with Crippen LogP contribution in [0.15, 0.2) is 60.9 Å². The Morgan fingerprint density at radius 2 is 1.94 bits per heavy atom. The molecule has 1 heterocycles. The molecule has 2 aromatic rings. The number of anilines is 1. The lowest BCUT2D eigenvalue weighted by Gasteiger charge is -2.37. The van der Waals surface area contributed by atoms with Gasteiger partial charge in [-0.2, -0.15) is 0 Å². The molecule has 31 heavy (non-hydrogen) atoms. The van der Waals surface area contributed by atoms with E-state index in [1.54, 1.807) is 29.3 Å². The number of methoxy groups -OCH3 is 1. The van der Waals surface area contributed by atoms with Gasteiger partial charge in [0, 0.05) is 45.1 Å². The number of nitro groups is 1. The van der Waals surface area contributed by atoms with E-state index in [1.165, 1.54) is 12.1 Å². The van der Waals surface area contributed by atoms with Crippen LogP contribution >= 0.6 is 0 Å². The van der Waals surface area contributed by atoms with Crippen LogP contribution in [0.4, 0.5) is 11.4 Å². The first kappa shape index (κ1) is 22.0. The predicted molar refractivity (Wildman–Crippen MR) is 114 cm³/mol. The van der Waals surface area contributed by atoms with Gasteiger partial charge in [0.05, 0.1) is 10.5 Å². The molecule has 0 unspecified atom stereocenters. The molecule has 0 radical (unpaired) electrons. The Labute approximate surface area is 179 Å². The van der Waals surface area contributed by atoms with Crippen molar-refractivity contribution in [2.75, 3.05) is 25.2 Å². The summed E-state index contributed by atoms with van der Waals surface area (Å²) in [7, 11) is 1.59. The van der Waals surface area contributed by atoms with Gasteiger partial charge in [0.25, 0.3) is 5.69 Å². The number of carbonyl (C=O) groups is 2. The summed E-state index contributed by atoms with van der Waals surface area (Å²) >= 11 is 0. The maximum Gasteiger partial charge on any atom is 0.335 e. The number of rotatable bonds is 9. The highest BCUT2D eigenvalue weighted by atomic mass is 16.6. The molecule has 0 aliphatic carbocycles. The van der Waals surface area contributed by atoms with Crippen LogP contribution in [0.25, 0.3) is 0 Å². The van der Waals surface area contributed by atoms with E-state index in [0.29, 0.717) is 26.0 Å². The molecule has 9 heteroatoms. The summed E-state index contributed by atoms with van der Waals surface area (Å²) in [4.78, 5) is 38.7. The van der Waals surface area contributed by atoms with Crippen LogP contribution in [-0.2, 0) is 16.0 Å². The smallest absolute Gasteiger partial charge is 0.335 e. The van der Waals surface area contributed by atoms with Gasteiger partial charge in [-0.05, 0) is 24.1 Å². The number of benzene rings is 2. The molecular weight excluding hydrogens is 402 g/mol. The fourth-order valence-corrected chi connectivity index (χ4v) is 3.50. The van der Waals surface area contributed by atoms with Gasteiger partial charge in [0.2, 0.25) is 5.91 Å². The number of amides is 1. The molecule has 1 atom stereocenters. The highest BCUT2D eigenvalue weighted by molar-refractivity contribution is 5.92. The minimum Gasteiger partial charge on any atom is -0.478 e. The van der Waals surface area contributed by atoms with Gasteiger partial charge < -0.3 is 19.6 Å². The molecule has 1 amide bonds. The Morgan fingerprint density at radius 3 is 2.58 bits per heavy atom. The monoisotopic (exact) mass is 425 g/mol. The Kier molecular flexibility index (Phi) is 6.99. The molecule has 162 valence electrons. The number of carbonyl (C=O) groups excluding carboxylic acids is 1. The average molecular weight is 425 g/mol. The fourth-order valence-electron chi connectivity index (χ4n) is 3.50. The molecule has 0 saturated heterocycles. The van der Waals surface area contributed by atoms with Gasteiger partial charge in [-0.3, -0.25) is 14.9 Å². The quantitative estimate of drug-likeness (QED) is 0.373. The molecule has 0 aromatic heterocycles. The van der Waals surface area contributed by atoms with Gasteiger partial charge in [-0.1, -0.05) is 30.3 Å². The second-order valence-corrected chi connectivity index (χ2v) is 7.05. The standard InChI is InChI=1S/C22H23N3O6/c1-31-13-5-10-23-11-12-24(20(21(23)26)14-16-6-3-2-4-7-16)18-9-8-17(22(27)28)15-19(18)25(29)30/h2-4,6-9,11-12,15,20H,5,10,13-14H2,1H3,(H,27,28)/t20-/m0/s1. The summed E-state index contributed by atoms with van der Waals surface area (Å²) in [5.41, 5.74) is 0.506. The molecule has 1 N–H and O–H groups in total. The van der Waals surface area contributed by atoms with Crippen molar-refractivity contribution in [1.82, 2.24) is 4.90 Å². The maximum absolute atomic E-state index is 13.3. The molecule has 9 nitrogen and oxygen atoms in total. The number of hydrogen-bond acceptors (Lipinski definition) is 6. The number of hydrogen-bond donors (Lipinski definition) is 1. The summed E-state index contributed by atoms with van der Waals surface area (Å²) in [6.07, 6.45) is 4.21. The molecule has 0 spiro atoms. The van der Waals surface area contributed by atoms with Gasteiger partial charge >= 0.3 is 5.97 Å². The largest absolute Gasteiger partial charge is 0.478 e. The zero-order valence-electron chi connectivity index (χ0n) is 17.0. The molecule has 0 saturated carbocycles. The van der Waals surface area contributed by atoms with Crippen molar-refractivity contribution < 1.29 is 24.4 Å².